The molecule has 0 aliphatic carbocycles. The lowest BCUT2D eigenvalue weighted by Gasteiger charge is -2.35. The molecule has 1 amide bonds. The summed E-state index contributed by atoms with van der Waals surface area (Å²) in [6.07, 6.45) is -0.246. The smallest absolute Gasteiger partial charge is 0.410 e. The molecule has 21 heavy (non-hydrogen) atoms. The molecule has 0 spiro atoms. The minimum absolute atomic E-state index is 0.246. The van der Waals surface area contributed by atoms with E-state index in [1.807, 2.05) is 26.8 Å². The van der Waals surface area contributed by atoms with Crippen LogP contribution in [-0.2, 0) is 16.1 Å². The van der Waals surface area contributed by atoms with Crippen LogP contribution in [0.3, 0.4) is 0 Å². The van der Waals surface area contributed by atoms with E-state index < -0.39 is 5.60 Å². The van der Waals surface area contributed by atoms with Crippen molar-refractivity contribution in [1.82, 2.24) is 15.1 Å². The Hall–Kier alpha value is -1.76. The largest absolute Gasteiger partial charge is 0.444 e. The molecule has 0 bridgehead atoms. The number of ether oxygens (including phenoxy) is 2. The Bertz CT molecular complexity index is 473. The zero-order valence-corrected chi connectivity index (χ0v) is 13.2. The van der Waals surface area contributed by atoms with Gasteiger partial charge >= 0.3 is 6.09 Å². The summed E-state index contributed by atoms with van der Waals surface area (Å²) in [5.74, 6) is 0.894. The molecule has 1 aromatic rings. The van der Waals surface area contributed by atoms with Crippen LogP contribution in [0.2, 0.25) is 0 Å². The Kier molecular flexibility index (Phi) is 4.72. The standard InChI is InChI=1S/C14H24N4O3/c1-14(2,3)21-13(19)18-7-5-17(6-8-18)12-9-11(10-20-4)15-16-12/h9H,5-8,10H2,1-4H3,(H,15,16). The van der Waals surface area contributed by atoms with E-state index >= 15 is 0 Å². The summed E-state index contributed by atoms with van der Waals surface area (Å²) in [5.41, 5.74) is 0.493. The van der Waals surface area contributed by atoms with Crippen LogP contribution in [0.15, 0.2) is 6.07 Å². The van der Waals surface area contributed by atoms with Gasteiger partial charge in [-0.15, -0.1) is 0 Å². The van der Waals surface area contributed by atoms with Crippen LogP contribution in [0, 0.1) is 0 Å². The zero-order chi connectivity index (χ0) is 15.5. The third-order valence-corrected chi connectivity index (χ3v) is 3.17. The van der Waals surface area contributed by atoms with Gasteiger partial charge in [0, 0.05) is 39.4 Å². The van der Waals surface area contributed by atoms with Gasteiger partial charge in [-0.1, -0.05) is 0 Å². The third kappa shape index (κ3) is 4.35. The summed E-state index contributed by atoms with van der Waals surface area (Å²) in [6.45, 7) is 8.92. The second-order valence-corrected chi connectivity index (χ2v) is 6.14. The molecule has 0 unspecified atom stereocenters. The Morgan fingerprint density at radius 2 is 2.00 bits per heavy atom. The highest BCUT2D eigenvalue weighted by Crippen LogP contribution is 2.17. The quantitative estimate of drug-likeness (QED) is 0.917. The Labute approximate surface area is 125 Å². The normalized spacial score (nSPS) is 16.2. The van der Waals surface area contributed by atoms with Crippen LogP contribution in [0.25, 0.3) is 0 Å². The number of aromatic amines is 1. The van der Waals surface area contributed by atoms with Crippen molar-refractivity contribution in [2.24, 2.45) is 0 Å². The first kappa shape index (κ1) is 15.6. The van der Waals surface area contributed by atoms with Crippen molar-refractivity contribution >= 4 is 11.9 Å². The van der Waals surface area contributed by atoms with E-state index in [0.717, 1.165) is 24.6 Å². The minimum Gasteiger partial charge on any atom is -0.444 e. The number of methoxy groups -OCH3 is 1. The van der Waals surface area contributed by atoms with E-state index in [0.29, 0.717) is 19.7 Å². The molecular formula is C14H24N4O3. The van der Waals surface area contributed by atoms with Gasteiger partial charge in [0.2, 0.25) is 0 Å². The molecule has 0 radical (unpaired) electrons. The molecule has 1 aliphatic heterocycles. The summed E-state index contributed by atoms with van der Waals surface area (Å²) < 4.78 is 10.4. The van der Waals surface area contributed by atoms with Crippen LogP contribution in [-0.4, -0.2) is 60.1 Å². The monoisotopic (exact) mass is 296 g/mol. The highest BCUT2D eigenvalue weighted by molar-refractivity contribution is 5.68. The number of nitrogens with one attached hydrogen (secondary N) is 1. The maximum atomic E-state index is 12.0. The maximum Gasteiger partial charge on any atom is 0.410 e. The number of H-pyrrole nitrogens is 1. The first-order valence-corrected chi connectivity index (χ1v) is 7.15. The van der Waals surface area contributed by atoms with Crippen molar-refractivity contribution in [2.75, 3.05) is 38.2 Å². The van der Waals surface area contributed by atoms with E-state index in [-0.39, 0.29) is 6.09 Å². The first-order valence-electron chi connectivity index (χ1n) is 7.15. The SMILES string of the molecule is COCc1cc(N2CCN(C(=O)OC(C)(C)C)CC2)n[nH]1. The van der Waals surface area contributed by atoms with Crippen LogP contribution >= 0.6 is 0 Å². The first-order chi connectivity index (χ1) is 9.89. The molecular weight excluding hydrogens is 272 g/mol. The molecule has 2 heterocycles. The van der Waals surface area contributed by atoms with Gasteiger partial charge in [-0.2, -0.15) is 5.10 Å². The number of carbonyl (C=O) groups excluding carboxylic acids is 1. The number of aromatic nitrogens is 2. The van der Waals surface area contributed by atoms with E-state index in [2.05, 4.69) is 15.1 Å². The summed E-state index contributed by atoms with van der Waals surface area (Å²) in [4.78, 5) is 15.9. The number of hydrogen-bond acceptors (Lipinski definition) is 5. The molecule has 0 saturated carbocycles. The Morgan fingerprint density at radius 1 is 1.33 bits per heavy atom. The highest BCUT2D eigenvalue weighted by Gasteiger charge is 2.26. The van der Waals surface area contributed by atoms with Gasteiger partial charge in [0.15, 0.2) is 5.82 Å². The summed E-state index contributed by atoms with van der Waals surface area (Å²) >= 11 is 0. The van der Waals surface area contributed by atoms with Gasteiger partial charge in [-0.05, 0) is 20.8 Å². The Morgan fingerprint density at radius 3 is 2.57 bits per heavy atom. The highest BCUT2D eigenvalue weighted by atomic mass is 16.6. The Balaban J connectivity index is 1.86. The van der Waals surface area contributed by atoms with E-state index in [4.69, 9.17) is 9.47 Å². The lowest BCUT2D eigenvalue weighted by Crippen LogP contribution is -2.50. The fraction of sp³-hybridized carbons (Fsp3) is 0.714. The van der Waals surface area contributed by atoms with Gasteiger partial charge in [-0.3, -0.25) is 5.10 Å². The van der Waals surface area contributed by atoms with E-state index in [1.54, 1.807) is 12.0 Å². The number of amides is 1. The minimum atomic E-state index is -0.453. The molecule has 2 rings (SSSR count). The number of piperazine rings is 1. The van der Waals surface area contributed by atoms with Gasteiger partial charge in [0.25, 0.3) is 0 Å². The maximum absolute atomic E-state index is 12.0. The summed E-state index contributed by atoms with van der Waals surface area (Å²) in [5, 5.41) is 7.22. The van der Waals surface area contributed by atoms with Crippen molar-refractivity contribution in [3.05, 3.63) is 11.8 Å². The van der Waals surface area contributed by atoms with Crippen molar-refractivity contribution < 1.29 is 14.3 Å². The van der Waals surface area contributed by atoms with Crippen LogP contribution < -0.4 is 4.90 Å². The van der Waals surface area contributed by atoms with E-state index in [1.165, 1.54) is 0 Å². The number of rotatable bonds is 3. The predicted molar refractivity (Wildman–Crippen MR) is 79.3 cm³/mol. The fourth-order valence-electron chi connectivity index (χ4n) is 2.19. The fourth-order valence-corrected chi connectivity index (χ4v) is 2.19. The number of carbonyl (C=O) groups is 1. The average Bonchev–Trinajstić information content (AvgIpc) is 2.86. The number of nitrogens with zero attached hydrogens (tertiary/aromatic N) is 3. The van der Waals surface area contributed by atoms with Crippen LogP contribution in [0.4, 0.5) is 10.6 Å². The summed E-state index contributed by atoms with van der Waals surface area (Å²) in [6, 6.07) is 1.98. The zero-order valence-electron chi connectivity index (χ0n) is 13.2. The molecule has 1 aromatic heterocycles. The second-order valence-electron chi connectivity index (χ2n) is 6.14. The van der Waals surface area contributed by atoms with Gasteiger partial charge in [0.05, 0.1) is 12.3 Å². The summed E-state index contributed by atoms with van der Waals surface area (Å²) in [7, 11) is 1.65. The van der Waals surface area contributed by atoms with Crippen molar-refractivity contribution in [3.63, 3.8) is 0 Å². The van der Waals surface area contributed by atoms with Crippen LogP contribution in [0.1, 0.15) is 26.5 Å². The number of anilines is 1. The molecule has 7 nitrogen and oxygen atoms in total. The molecule has 0 atom stereocenters. The third-order valence-electron chi connectivity index (χ3n) is 3.17. The number of hydrogen-bond donors (Lipinski definition) is 1. The molecule has 1 aliphatic rings. The van der Waals surface area contributed by atoms with Gasteiger partial charge in [-0.25, -0.2) is 4.79 Å². The molecule has 7 heteroatoms. The predicted octanol–water partition coefficient (Wildman–Crippen LogP) is 1.61. The van der Waals surface area contributed by atoms with E-state index in [9.17, 15) is 4.79 Å². The van der Waals surface area contributed by atoms with Crippen LogP contribution in [0.5, 0.6) is 0 Å². The van der Waals surface area contributed by atoms with Gasteiger partial charge in [0.1, 0.15) is 5.60 Å². The second kappa shape index (κ2) is 6.34. The van der Waals surface area contributed by atoms with Gasteiger partial charge < -0.3 is 19.3 Å². The molecule has 1 N–H and O–H groups in total. The van der Waals surface area contributed by atoms with Crippen molar-refractivity contribution in [3.8, 4) is 0 Å². The lowest BCUT2D eigenvalue weighted by atomic mass is 10.2. The molecule has 118 valence electrons. The topological polar surface area (TPSA) is 70.7 Å². The molecule has 0 aromatic carbocycles. The molecule has 1 saturated heterocycles. The average molecular weight is 296 g/mol. The molecule has 1 fully saturated rings. The van der Waals surface area contributed by atoms with Crippen molar-refractivity contribution in [2.45, 2.75) is 33.0 Å². The lowest BCUT2D eigenvalue weighted by molar-refractivity contribution is 0.0240. The van der Waals surface area contributed by atoms with Crippen molar-refractivity contribution in [1.29, 1.82) is 0 Å².